The maximum atomic E-state index is 11.2. The van der Waals surface area contributed by atoms with Gasteiger partial charge in [0.05, 0.1) is 12.2 Å². The number of phenols is 1. The van der Waals surface area contributed by atoms with E-state index in [1.807, 2.05) is 0 Å². The van der Waals surface area contributed by atoms with Crippen LogP contribution in [0.2, 0.25) is 0 Å². The van der Waals surface area contributed by atoms with E-state index in [9.17, 15) is 14.7 Å². The first-order valence-corrected chi connectivity index (χ1v) is 5.37. The van der Waals surface area contributed by atoms with Crippen LogP contribution in [0.3, 0.4) is 0 Å². The fourth-order valence-electron chi connectivity index (χ4n) is 1.25. The maximum Gasteiger partial charge on any atom is 0.344 e. The Labute approximate surface area is 103 Å². The van der Waals surface area contributed by atoms with Crippen molar-refractivity contribution in [1.29, 1.82) is 0 Å². The lowest BCUT2D eigenvalue weighted by atomic mass is 10.2. The van der Waals surface area contributed by atoms with Crippen molar-refractivity contribution < 1.29 is 28.9 Å². The lowest BCUT2D eigenvalue weighted by molar-refractivity contribution is -0.146. The molecular formula is C12H12O6. The van der Waals surface area contributed by atoms with E-state index in [1.165, 1.54) is 18.2 Å². The molecule has 1 aromatic carbocycles. The number of ether oxygens (including phenoxy) is 3. The number of benzene rings is 1. The monoisotopic (exact) mass is 252 g/mol. The summed E-state index contributed by atoms with van der Waals surface area (Å²) in [5.74, 6) is -0.413. The van der Waals surface area contributed by atoms with Crippen molar-refractivity contribution in [3.8, 4) is 11.5 Å². The van der Waals surface area contributed by atoms with Crippen LogP contribution in [0.4, 0.5) is 0 Å². The van der Waals surface area contributed by atoms with E-state index < -0.39 is 5.97 Å². The largest absolute Gasteiger partial charge is 0.507 e. The van der Waals surface area contributed by atoms with Gasteiger partial charge in [-0.2, -0.15) is 0 Å². The quantitative estimate of drug-likeness (QED) is 0.451. The highest BCUT2D eigenvalue weighted by Gasteiger charge is 2.24. The fraction of sp³-hybridized carbons (Fsp3) is 0.333. The number of hydrogen-bond acceptors (Lipinski definition) is 6. The van der Waals surface area contributed by atoms with Gasteiger partial charge in [-0.15, -0.1) is 0 Å². The second-order valence-electron chi connectivity index (χ2n) is 3.77. The van der Waals surface area contributed by atoms with Gasteiger partial charge < -0.3 is 19.3 Å². The number of epoxide rings is 1. The highest BCUT2D eigenvalue weighted by atomic mass is 16.6. The molecule has 6 nitrogen and oxygen atoms in total. The molecule has 1 aliphatic rings. The molecule has 1 saturated heterocycles. The Morgan fingerprint density at radius 1 is 1.56 bits per heavy atom. The lowest BCUT2D eigenvalue weighted by Crippen LogP contribution is -2.17. The Hall–Kier alpha value is -2.08. The molecule has 1 unspecified atom stereocenters. The summed E-state index contributed by atoms with van der Waals surface area (Å²) in [6, 6.07) is 4.16. The minimum Gasteiger partial charge on any atom is -0.507 e. The van der Waals surface area contributed by atoms with Crippen LogP contribution in [-0.2, 0) is 14.3 Å². The molecule has 0 saturated carbocycles. The molecule has 18 heavy (non-hydrogen) atoms. The Balaban J connectivity index is 1.79. The van der Waals surface area contributed by atoms with Gasteiger partial charge in [0, 0.05) is 6.07 Å². The number of carbonyl (C=O) groups is 2. The van der Waals surface area contributed by atoms with E-state index in [1.54, 1.807) is 0 Å². The zero-order valence-electron chi connectivity index (χ0n) is 9.50. The number of phenolic OH excluding ortho intramolecular Hbond substituents is 1. The summed E-state index contributed by atoms with van der Waals surface area (Å²) in [5.41, 5.74) is 0.163. The first-order valence-electron chi connectivity index (χ1n) is 5.37. The summed E-state index contributed by atoms with van der Waals surface area (Å²) in [5, 5.41) is 9.40. The summed E-state index contributed by atoms with van der Waals surface area (Å²) >= 11 is 0. The molecule has 0 spiro atoms. The molecule has 96 valence electrons. The van der Waals surface area contributed by atoms with Gasteiger partial charge in [0.25, 0.3) is 0 Å². The van der Waals surface area contributed by atoms with E-state index >= 15 is 0 Å². The van der Waals surface area contributed by atoms with Crippen molar-refractivity contribution in [2.75, 3.05) is 19.8 Å². The van der Waals surface area contributed by atoms with Gasteiger partial charge in [-0.05, 0) is 12.1 Å². The fourth-order valence-corrected chi connectivity index (χ4v) is 1.25. The normalized spacial score (nSPS) is 17.0. The Morgan fingerprint density at radius 3 is 2.94 bits per heavy atom. The number of hydrogen-bond donors (Lipinski definition) is 1. The number of aldehydes is 1. The molecule has 0 radical (unpaired) electrons. The van der Waals surface area contributed by atoms with E-state index in [0.29, 0.717) is 12.9 Å². The molecule has 0 aliphatic carbocycles. The molecule has 1 aliphatic heterocycles. The van der Waals surface area contributed by atoms with Crippen molar-refractivity contribution in [3.05, 3.63) is 23.8 Å². The summed E-state index contributed by atoms with van der Waals surface area (Å²) in [4.78, 5) is 21.7. The molecule has 6 heteroatoms. The highest BCUT2D eigenvalue weighted by Crippen LogP contribution is 2.22. The van der Waals surface area contributed by atoms with Crippen molar-refractivity contribution in [2.45, 2.75) is 6.10 Å². The number of aromatic hydroxyl groups is 1. The Bertz CT molecular complexity index is 452. The molecule has 1 atom stereocenters. The van der Waals surface area contributed by atoms with Gasteiger partial charge in [-0.25, -0.2) is 4.79 Å². The molecule has 1 aromatic rings. The highest BCUT2D eigenvalue weighted by molar-refractivity contribution is 5.79. The third kappa shape index (κ3) is 3.46. The predicted molar refractivity (Wildman–Crippen MR) is 59.7 cm³/mol. The molecule has 0 aromatic heterocycles. The van der Waals surface area contributed by atoms with Gasteiger partial charge in [0.15, 0.2) is 12.9 Å². The predicted octanol–water partition coefficient (Wildman–Crippen LogP) is 0.526. The van der Waals surface area contributed by atoms with Crippen molar-refractivity contribution in [1.82, 2.24) is 0 Å². The SMILES string of the molecule is O=Cc1ccc(OCC(=O)OCC2CO2)cc1O. The second-order valence-corrected chi connectivity index (χ2v) is 3.77. The third-order valence-corrected chi connectivity index (χ3v) is 2.32. The topological polar surface area (TPSA) is 85.4 Å². The Morgan fingerprint density at radius 2 is 2.33 bits per heavy atom. The molecular weight excluding hydrogens is 240 g/mol. The van der Waals surface area contributed by atoms with E-state index in [-0.39, 0.29) is 36.4 Å². The standard InChI is InChI=1S/C12H12O6/c13-4-8-1-2-9(3-11(8)14)17-7-12(15)18-6-10-5-16-10/h1-4,10,14H,5-7H2. The van der Waals surface area contributed by atoms with E-state index in [2.05, 4.69) is 0 Å². The van der Waals surface area contributed by atoms with Gasteiger partial charge in [0.2, 0.25) is 0 Å². The summed E-state index contributed by atoms with van der Waals surface area (Å²) in [6.07, 6.45) is 0.549. The Kier molecular flexibility index (Phi) is 3.78. The molecule has 1 heterocycles. The summed E-state index contributed by atoms with van der Waals surface area (Å²) in [7, 11) is 0. The minimum atomic E-state index is -0.510. The molecule has 1 fully saturated rings. The van der Waals surface area contributed by atoms with Crippen LogP contribution in [0.25, 0.3) is 0 Å². The first-order chi connectivity index (χ1) is 8.69. The molecule has 2 rings (SSSR count). The summed E-state index contributed by atoms with van der Waals surface area (Å²) in [6.45, 7) is 0.597. The van der Waals surface area contributed by atoms with Crippen molar-refractivity contribution in [2.24, 2.45) is 0 Å². The number of rotatable bonds is 6. The van der Waals surface area contributed by atoms with Gasteiger partial charge in [-0.1, -0.05) is 0 Å². The van der Waals surface area contributed by atoms with Crippen LogP contribution in [0, 0.1) is 0 Å². The van der Waals surface area contributed by atoms with E-state index in [4.69, 9.17) is 14.2 Å². The zero-order valence-corrected chi connectivity index (χ0v) is 9.50. The van der Waals surface area contributed by atoms with Crippen LogP contribution in [0.5, 0.6) is 11.5 Å². The average Bonchev–Trinajstić information content (AvgIpc) is 3.18. The van der Waals surface area contributed by atoms with Crippen molar-refractivity contribution >= 4 is 12.3 Å². The number of esters is 1. The third-order valence-electron chi connectivity index (χ3n) is 2.32. The van der Waals surface area contributed by atoms with Gasteiger partial charge >= 0.3 is 5.97 Å². The van der Waals surface area contributed by atoms with E-state index in [0.717, 1.165) is 0 Å². The second kappa shape index (κ2) is 5.50. The molecule has 0 amide bonds. The smallest absolute Gasteiger partial charge is 0.344 e. The van der Waals surface area contributed by atoms with Crippen molar-refractivity contribution in [3.63, 3.8) is 0 Å². The van der Waals surface area contributed by atoms with Crippen LogP contribution >= 0.6 is 0 Å². The number of carbonyl (C=O) groups excluding carboxylic acids is 2. The minimum absolute atomic E-state index is 0.0184. The lowest BCUT2D eigenvalue weighted by Gasteiger charge is -2.07. The summed E-state index contributed by atoms with van der Waals surface area (Å²) < 4.78 is 14.8. The zero-order chi connectivity index (χ0) is 13.0. The molecule has 1 N–H and O–H groups in total. The van der Waals surface area contributed by atoms with Gasteiger partial charge in [0.1, 0.15) is 24.2 Å². The van der Waals surface area contributed by atoms with Crippen LogP contribution in [0.15, 0.2) is 18.2 Å². The molecule has 0 bridgehead atoms. The van der Waals surface area contributed by atoms with Crippen LogP contribution in [0.1, 0.15) is 10.4 Å². The van der Waals surface area contributed by atoms with Crippen LogP contribution in [-0.4, -0.2) is 43.3 Å². The van der Waals surface area contributed by atoms with Crippen LogP contribution < -0.4 is 4.74 Å². The average molecular weight is 252 g/mol. The van der Waals surface area contributed by atoms with Gasteiger partial charge in [-0.3, -0.25) is 4.79 Å². The maximum absolute atomic E-state index is 11.2. The first kappa shape index (κ1) is 12.4.